The molecule has 6 heteroatoms. The molecule has 1 aliphatic rings. The summed E-state index contributed by atoms with van der Waals surface area (Å²) in [5, 5.41) is 9.09. The van der Waals surface area contributed by atoms with Crippen molar-refractivity contribution in [1.82, 2.24) is 0 Å². The molecule has 0 aliphatic carbocycles. The van der Waals surface area contributed by atoms with Gasteiger partial charge in [0, 0.05) is 5.75 Å². The van der Waals surface area contributed by atoms with Crippen LogP contribution in [0.15, 0.2) is 53.4 Å². The topological polar surface area (TPSA) is 57.6 Å². The zero-order chi connectivity index (χ0) is 18.0. The molecular formula is C19H16FNO3S. The Bertz CT molecular complexity index is 861. The van der Waals surface area contributed by atoms with Crippen LogP contribution in [-0.4, -0.2) is 29.3 Å². The quantitative estimate of drug-likeness (QED) is 0.836. The smallest absolute Gasteiger partial charge is 0.272 e. The van der Waals surface area contributed by atoms with Crippen molar-refractivity contribution in [1.29, 1.82) is 0 Å². The predicted molar refractivity (Wildman–Crippen MR) is 96.5 cm³/mol. The van der Waals surface area contributed by atoms with E-state index in [-0.39, 0.29) is 22.8 Å². The minimum absolute atomic E-state index is 0.114. The lowest BCUT2D eigenvalue weighted by atomic mass is 10.0. The molecule has 25 heavy (non-hydrogen) atoms. The van der Waals surface area contributed by atoms with Crippen LogP contribution in [0.3, 0.4) is 0 Å². The third-order valence-electron chi connectivity index (χ3n) is 3.79. The first-order valence-corrected chi connectivity index (χ1v) is 8.71. The summed E-state index contributed by atoms with van der Waals surface area (Å²) in [5.74, 6) is -1.21. The summed E-state index contributed by atoms with van der Waals surface area (Å²) in [5.41, 5.74) is 2.14. The van der Waals surface area contributed by atoms with Gasteiger partial charge in [-0.1, -0.05) is 35.9 Å². The van der Waals surface area contributed by atoms with E-state index >= 15 is 0 Å². The normalized spacial score (nSPS) is 14.6. The van der Waals surface area contributed by atoms with E-state index in [1.54, 1.807) is 12.1 Å². The number of carbonyl (C=O) groups excluding carboxylic acids is 2. The molecule has 0 fully saturated rings. The van der Waals surface area contributed by atoms with Gasteiger partial charge >= 0.3 is 0 Å². The molecule has 0 aromatic heterocycles. The fourth-order valence-electron chi connectivity index (χ4n) is 2.62. The number of hydrogen-bond acceptors (Lipinski definition) is 4. The molecule has 0 saturated carbocycles. The molecule has 0 unspecified atom stereocenters. The number of hydrogen-bond donors (Lipinski definition) is 1. The second kappa shape index (κ2) is 7.21. The molecule has 2 aromatic rings. The number of aryl methyl sites for hydroxylation is 1. The molecule has 2 aromatic carbocycles. The van der Waals surface area contributed by atoms with E-state index in [4.69, 9.17) is 5.11 Å². The number of benzene rings is 2. The van der Waals surface area contributed by atoms with Crippen molar-refractivity contribution in [2.24, 2.45) is 0 Å². The Morgan fingerprint density at radius 3 is 2.44 bits per heavy atom. The first kappa shape index (κ1) is 17.4. The van der Waals surface area contributed by atoms with E-state index in [1.807, 2.05) is 19.1 Å². The average molecular weight is 357 g/mol. The number of imide groups is 1. The van der Waals surface area contributed by atoms with Crippen molar-refractivity contribution in [3.63, 3.8) is 0 Å². The second-order valence-electron chi connectivity index (χ2n) is 5.57. The van der Waals surface area contributed by atoms with Gasteiger partial charge in [0.05, 0.1) is 22.8 Å². The number of thioether (sulfide) groups is 1. The molecule has 0 saturated heterocycles. The van der Waals surface area contributed by atoms with Gasteiger partial charge in [0.2, 0.25) is 0 Å². The standard InChI is InChI=1S/C19H16FNO3S/c1-12-5-7-13(8-6-12)16-17(25-10-9-22)19(24)21(18(16)23)15-4-2-3-14(20)11-15/h2-8,11,22H,9-10H2,1H3. The summed E-state index contributed by atoms with van der Waals surface area (Å²) in [6, 6.07) is 12.7. The van der Waals surface area contributed by atoms with Gasteiger partial charge < -0.3 is 5.11 Å². The Hall–Kier alpha value is -2.44. The number of nitrogens with zero attached hydrogens (tertiary/aromatic N) is 1. The largest absolute Gasteiger partial charge is 0.396 e. The van der Waals surface area contributed by atoms with Gasteiger partial charge in [-0.15, -0.1) is 11.8 Å². The minimum atomic E-state index is -0.522. The molecule has 128 valence electrons. The Labute approximate surface area is 149 Å². The molecule has 1 N–H and O–H groups in total. The number of carbonyl (C=O) groups is 2. The Balaban J connectivity index is 2.07. The van der Waals surface area contributed by atoms with E-state index in [0.717, 1.165) is 28.3 Å². The molecule has 3 rings (SSSR count). The maximum absolute atomic E-state index is 13.5. The van der Waals surface area contributed by atoms with E-state index in [0.29, 0.717) is 11.3 Å². The van der Waals surface area contributed by atoms with Crippen molar-refractivity contribution in [3.8, 4) is 0 Å². The van der Waals surface area contributed by atoms with E-state index < -0.39 is 17.6 Å². The molecule has 0 spiro atoms. The molecule has 1 heterocycles. The lowest BCUT2D eigenvalue weighted by molar-refractivity contribution is -0.119. The van der Waals surface area contributed by atoms with Crippen LogP contribution < -0.4 is 4.90 Å². The van der Waals surface area contributed by atoms with Gasteiger partial charge in [0.25, 0.3) is 11.8 Å². The van der Waals surface area contributed by atoms with Gasteiger partial charge in [-0.25, -0.2) is 9.29 Å². The van der Waals surface area contributed by atoms with Crippen molar-refractivity contribution < 1.29 is 19.1 Å². The van der Waals surface area contributed by atoms with E-state index in [9.17, 15) is 14.0 Å². The number of aliphatic hydroxyl groups excluding tert-OH is 1. The van der Waals surface area contributed by atoms with Gasteiger partial charge in [0.15, 0.2) is 0 Å². The molecule has 0 atom stereocenters. The van der Waals surface area contributed by atoms with Gasteiger partial charge in [-0.2, -0.15) is 0 Å². The van der Waals surface area contributed by atoms with Crippen LogP contribution in [0.1, 0.15) is 11.1 Å². The van der Waals surface area contributed by atoms with Crippen molar-refractivity contribution in [3.05, 3.63) is 70.4 Å². The zero-order valence-corrected chi connectivity index (χ0v) is 14.3. The van der Waals surface area contributed by atoms with Crippen LogP contribution in [0.25, 0.3) is 5.57 Å². The summed E-state index contributed by atoms with van der Waals surface area (Å²) >= 11 is 1.13. The highest BCUT2D eigenvalue weighted by Crippen LogP contribution is 2.38. The zero-order valence-electron chi connectivity index (χ0n) is 13.5. The van der Waals surface area contributed by atoms with Crippen LogP contribution in [0.5, 0.6) is 0 Å². The van der Waals surface area contributed by atoms with E-state index in [2.05, 4.69) is 0 Å². The van der Waals surface area contributed by atoms with Crippen LogP contribution in [0.4, 0.5) is 10.1 Å². The van der Waals surface area contributed by atoms with Crippen molar-refractivity contribution >= 4 is 34.8 Å². The lowest BCUT2D eigenvalue weighted by Crippen LogP contribution is -2.31. The van der Waals surface area contributed by atoms with Crippen LogP contribution in [0.2, 0.25) is 0 Å². The highest BCUT2D eigenvalue weighted by atomic mass is 32.2. The summed E-state index contributed by atoms with van der Waals surface area (Å²) in [6.45, 7) is 1.82. The number of anilines is 1. The Morgan fingerprint density at radius 2 is 1.80 bits per heavy atom. The predicted octanol–water partition coefficient (Wildman–Crippen LogP) is 3.14. The van der Waals surface area contributed by atoms with Gasteiger partial charge in [-0.05, 0) is 30.7 Å². The third kappa shape index (κ3) is 3.36. The molecule has 1 aliphatic heterocycles. The average Bonchev–Trinajstić information content (AvgIpc) is 2.84. The maximum Gasteiger partial charge on any atom is 0.272 e. The van der Waals surface area contributed by atoms with E-state index in [1.165, 1.54) is 18.2 Å². The first-order valence-electron chi connectivity index (χ1n) is 7.72. The highest BCUT2D eigenvalue weighted by molar-refractivity contribution is 8.04. The first-order chi connectivity index (χ1) is 12.0. The van der Waals surface area contributed by atoms with Crippen molar-refractivity contribution in [2.75, 3.05) is 17.3 Å². The summed E-state index contributed by atoms with van der Waals surface area (Å²) in [4.78, 5) is 27.0. The van der Waals surface area contributed by atoms with Crippen molar-refractivity contribution in [2.45, 2.75) is 6.92 Å². The Kier molecular flexibility index (Phi) is 5.01. The minimum Gasteiger partial charge on any atom is -0.396 e. The van der Waals surface area contributed by atoms with Crippen LogP contribution >= 0.6 is 11.8 Å². The fourth-order valence-corrected chi connectivity index (χ4v) is 3.48. The lowest BCUT2D eigenvalue weighted by Gasteiger charge is -2.15. The summed E-state index contributed by atoms with van der Waals surface area (Å²) in [6.07, 6.45) is 0. The summed E-state index contributed by atoms with van der Waals surface area (Å²) in [7, 11) is 0. The number of rotatable bonds is 5. The van der Waals surface area contributed by atoms with Crippen LogP contribution in [0, 0.1) is 12.7 Å². The molecule has 4 nitrogen and oxygen atoms in total. The van der Waals surface area contributed by atoms with Gasteiger partial charge in [0.1, 0.15) is 5.82 Å². The fraction of sp³-hybridized carbons (Fsp3) is 0.158. The molecule has 0 radical (unpaired) electrons. The third-order valence-corrected chi connectivity index (χ3v) is 4.84. The maximum atomic E-state index is 13.5. The number of halogens is 1. The Morgan fingerprint density at radius 1 is 1.08 bits per heavy atom. The molecule has 2 amide bonds. The number of aliphatic hydroxyl groups is 1. The van der Waals surface area contributed by atoms with Crippen LogP contribution in [-0.2, 0) is 9.59 Å². The summed E-state index contributed by atoms with van der Waals surface area (Å²) < 4.78 is 13.5. The SMILES string of the molecule is Cc1ccc(C2=C(SCCO)C(=O)N(c3cccc(F)c3)C2=O)cc1. The monoisotopic (exact) mass is 357 g/mol. The van der Waals surface area contributed by atoms with Gasteiger partial charge in [-0.3, -0.25) is 9.59 Å². The second-order valence-corrected chi connectivity index (χ2v) is 6.67. The highest BCUT2D eigenvalue weighted by Gasteiger charge is 2.40. The molecule has 0 bridgehead atoms. The molecular weight excluding hydrogens is 341 g/mol. The number of amides is 2.